The number of nitrogens with zero attached hydrogens (tertiary/aromatic N) is 1. The maximum Gasteiger partial charge on any atom is 0.270 e. The fourth-order valence-corrected chi connectivity index (χ4v) is 2.33. The number of non-ortho nitro benzene ring substituents is 1. The summed E-state index contributed by atoms with van der Waals surface area (Å²) in [7, 11) is 0. The van der Waals surface area contributed by atoms with Gasteiger partial charge >= 0.3 is 0 Å². The van der Waals surface area contributed by atoms with Gasteiger partial charge in [0.25, 0.3) is 5.69 Å². The van der Waals surface area contributed by atoms with E-state index in [4.69, 9.17) is 0 Å². The van der Waals surface area contributed by atoms with Gasteiger partial charge < -0.3 is 10.2 Å². The molecule has 5 nitrogen and oxygen atoms in total. The molecule has 3 rings (SSSR count). The lowest BCUT2D eigenvalue weighted by atomic mass is 9.90. The molecule has 0 radical (unpaired) electrons. The van der Waals surface area contributed by atoms with Gasteiger partial charge in [0.15, 0.2) is 0 Å². The molecule has 0 saturated heterocycles. The van der Waals surface area contributed by atoms with Gasteiger partial charge in [-0.15, -0.1) is 0 Å². The van der Waals surface area contributed by atoms with Gasteiger partial charge in [0.2, 0.25) is 0 Å². The van der Waals surface area contributed by atoms with Gasteiger partial charge in [0.05, 0.1) is 4.92 Å². The van der Waals surface area contributed by atoms with E-state index in [1.807, 2.05) is 0 Å². The van der Waals surface area contributed by atoms with E-state index in [1.165, 1.54) is 18.2 Å². The van der Waals surface area contributed by atoms with Crippen LogP contribution in [0.4, 0.5) is 5.69 Å². The van der Waals surface area contributed by atoms with Crippen molar-refractivity contribution in [3.8, 4) is 0 Å². The van der Waals surface area contributed by atoms with Crippen LogP contribution in [0.2, 0.25) is 0 Å². The number of rotatable bonds is 1. The van der Waals surface area contributed by atoms with Crippen molar-refractivity contribution in [2.45, 2.75) is 12.2 Å². The predicted molar refractivity (Wildman–Crippen MR) is 70.6 cm³/mol. The van der Waals surface area contributed by atoms with Crippen LogP contribution in [0.25, 0.3) is 16.8 Å². The molecular formula is C14H11NO4. The summed E-state index contributed by atoms with van der Waals surface area (Å²) in [5, 5.41) is 31.8. The number of aliphatic hydroxyl groups is 2. The predicted octanol–water partition coefficient (Wildman–Crippen LogP) is 2.17. The van der Waals surface area contributed by atoms with E-state index in [0.717, 1.165) is 16.3 Å². The first-order chi connectivity index (χ1) is 9.06. The van der Waals surface area contributed by atoms with E-state index in [-0.39, 0.29) is 5.69 Å². The van der Waals surface area contributed by atoms with Crippen molar-refractivity contribution in [2.75, 3.05) is 0 Å². The van der Waals surface area contributed by atoms with Crippen molar-refractivity contribution < 1.29 is 15.1 Å². The maximum absolute atomic E-state index is 10.7. The summed E-state index contributed by atoms with van der Waals surface area (Å²) >= 11 is 0. The normalized spacial score (nSPS) is 21.4. The van der Waals surface area contributed by atoms with Gasteiger partial charge in [-0.2, -0.15) is 0 Å². The van der Waals surface area contributed by atoms with Gasteiger partial charge in [-0.05, 0) is 40.1 Å². The molecule has 1 aliphatic rings. The highest BCUT2D eigenvalue weighted by Gasteiger charge is 2.22. The molecule has 0 amide bonds. The first-order valence-electron chi connectivity index (χ1n) is 5.83. The Kier molecular flexibility index (Phi) is 2.58. The second-order valence-electron chi connectivity index (χ2n) is 4.56. The highest BCUT2D eigenvalue weighted by molar-refractivity contribution is 5.88. The van der Waals surface area contributed by atoms with Gasteiger partial charge in [0.1, 0.15) is 12.2 Å². The molecule has 0 aromatic heterocycles. The number of hydrogen-bond acceptors (Lipinski definition) is 4. The molecule has 0 spiro atoms. The van der Waals surface area contributed by atoms with Gasteiger partial charge in [0, 0.05) is 12.1 Å². The topological polar surface area (TPSA) is 83.6 Å². The van der Waals surface area contributed by atoms with Crippen LogP contribution in [-0.2, 0) is 0 Å². The minimum Gasteiger partial charge on any atom is -0.386 e. The number of fused-ring (bicyclic) bond motifs is 2. The number of hydrogen-bond donors (Lipinski definition) is 2. The molecule has 19 heavy (non-hydrogen) atoms. The Morgan fingerprint density at radius 3 is 2.63 bits per heavy atom. The second-order valence-corrected chi connectivity index (χ2v) is 4.56. The average molecular weight is 257 g/mol. The first-order valence-corrected chi connectivity index (χ1v) is 5.83. The number of benzene rings is 2. The standard InChI is InChI=1S/C14H11NO4/c16-13-4-2-9-5-10-6-11(15(18)19)3-1-8(10)7-12(9)14(13)17/h1-7,13-14,16-17H/t13-,14-/m1/s1. The Labute approximate surface area is 108 Å². The average Bonchev–Trinajstić information content (AvgIpc) is 2.41. The summed E-state index contributed by atoms with van der Waals surface area (Å²) in [5.74, 6) is 0. The molecule has 2 aromatic rings. The van der Waals surface area contributed by atoms with Gasteiger partial charge in [-0.3, -0.25) is 10.1 Å². The molecule has 0 bridgehead atoms. The third-order valence-electron chi connectivity index (χ3n) is 3.35. The van der Waals surface area contributed by atoms with Crippen LogP contribution in [0.15, 0.2) is 36.4 Å². The van der Waals surface area contributed by atoms with Crippen LogP contribution < -0.4 is 0 Å². The zero-order valence-corrected chi connectivity index (χ0v) is 9.85. The van der Waals surface area contributed by atoms with E-state index in [0.29, 0.717) is 5.56 Å². The Morgan fingerprint density at radius 1 is 1.11 bits per heavy atom. The van der Waals surface area contributed by atoms with Crippen LogP contribution in [0.1, 0.15) is 17.2 Å². The van der Waals surface area contributed by atoms with Crippen LogP contribution in [-0.4, -0.2) is 21.2 Å². The first kappa shape index (κ1) is 11.8. The summed E-state index contributed by atoms with van der Waals surface area (Å²) in [6.07, 6.45) is 1.35. The van der Waals surface area contributed by atoms with E-state index in [9.17, 15) is 20.3 Å². The largest absolute Gasteiger partial charge is 0.386 e. The molecule has 2 atom stereocenters. The number of aliphatic hydroxyl groups excluding tert-OH is 2. The third-order valence-corrected chi connectivity index (χ3v) is 3.35. The Hall–Kier alpha value is -2.24. The van der Waals surface area contributed by atoms with Crippen LogP contribution in [0.5, 0.6) is 0 Å². The van der Waals surface area contributed by atoms with Gasteiger partial charge in [-0.1, -0.05) is 12.2 Å². The van der Waals surface area contributed by atoms with Crippen molar-refractivity contribution >= 4 is 22.5 Å². The molecule has 0 aliphatic heterocycles. The molecule has 5 heteroatoms. The lowest BCUT2D eigenvalue weighted by Gasteiger charge is -2.22. The Bertz CT molecular complexity index is 708. The Balaban J connectivity index is 2.22. The molecular weight excluding hydrogens is 246 g/mol. The van der Waals surface area contributed by atoms with Crippen molar-refractivity contribution in [1.29, 1.82) is 0 Å². The number of nitro groups is 1. The van der Waals surface area contributed by atoms with Crippen molar-refractivity contribution in [2.24, 2.45) is 0 Å². The molecule has 0 unspecified atom stereocenters. The van der Waals surface area contributed by atoms with Crippen LogP contribution in [0.3, 0.4) is 0 Å². The summed E-state index contributed by atoms with van der Waals surface area (Å²) in [4.78, 5) is 10.3. The monoisotopic (exact) mass is 257 g/mol. The SMILES string of the molecule is O=[N+]([O-])c1ccc2cc3c(cc2c1)C=C[C@@H](O)[C@@H]3O. The molecule has 1 aliphatic carbocycles. The van der Waals surface area contributed by atoms with Crippen molar-refractivity contribution in [3.05, 3.63) is 57.6 Å². The fraction of sp³-hybridized carbons (Fsp3) is 0.143. The summed E-state index contributed by atoms with van der Waals surface area (Å²) in [6.45, 7) is 0. The van der Waals surface area contributed by atoms with E-state index >= 15 is 0 Å². The van der Waals surface area contributed by atoms with E-state index in [1.54, 1.807) is 24.3 Å². The van der Waals surface area contributed by atoms with E-state index < -0.39 is 17.1 Å². The lowest BCUT2D eigenvalue weighted by molar-refractivity contribution is -0.384. The minimum atomic E-state index is -0.959. The van der Waals surface area contributed by atoms with E-state index in [2.05, 4.69) is 0 Å². The summed E-state index contributed by atoms with van der Waals surface area (Å²) in [6, 6.07) is 8.11. The molecule has 2 N–H and O–H groups in total. The Morgan fingerprint density at radius 2 is 1.89 bits per heavy atom. The molecule has 96 valence electrons. The number of nitro benzene ring substituents is 1. The molecule has 0 saturated carbocycles. The highest BCUT2D eigenvalue weighted by atomic mass is 16.6. The smallest absolute Gasteiger partial charge is 0.270 e. The summed E-state index contributed by atoms with van der Waals surface area (Å²) in [5.41, 5.74) is 1.44. The fourth-order valence-electron chi connectivity index (χ4n) is 2.33. The van der Waals surface area contributed by atoms with Crippen LogP contribution in [0, 0.1) is 10.1 Å². The summed E-state index contributed by atoms with van der Waals surface area (Å²) < 4.78 is 0. The van der Waals surface area contributed by atoms with Gasteiger partial charge in [-0.25, -0.2) is 0 Å². The molecule has 0 heterocycles. The zero-order valence-electron chi connectivity index (χ0n) is 9.85. The lowest BCUT2D eigenvalue weighted by Crippen LogP contribution is -2.19. The maximum atomic E-state index is 10.7. The van der Waals surface area contributed by atoms with Crippen molar-refractivity contribution in [3.63, 3.8) is 0 Å². The highest BCUT2D eigenvalue weighted by Crippen LogP contribution is 2.32. The minimum absolute atomic E-state index is 0.0350. The molecule has 2 aromatic carbocycles. The second kappa shape index (κ2) is 4.15. The third kappa shape index (κ3) is 1.89. The van der Waals surface area contributed by atoms with Crippen LogP contribution >= 0.6 is 0 Å². The quantitative estimate of drug-likeness (QED) is 0.605. The zero-order chi connectivity index (χ0) is 13.6. The van der Waals surface area contributed by atoms with Crippen molar-refractivity contribution in [1.82, 2.24) is 0 Å². The molecule has 0 fully saturated rings.